The van der Waals surface area contributed by atoms with Gasteiger partial charge in [-0.25, -0.2) is 4.79 Å². The lowest BCUT2D eigenvalue weighted by molar-refractivity contribution is -0.153. The second kappa shape index (κ2) is 9.97. The highest BCUT2D eigenvalue weighted by Gasteiger charge is 2.60. The smallest absolute Gasteiger partial charge is 0.340 e. The molecule has 3 aromatic carbocycles. The van der Waals surface area contributed by atoms with Crippen LogP contribution in [0, 0.1) is 6.92 Å². The van der Waals surface area contributed by atoms with Gasteiger partial charge < -0.3 is 15.0 Å². The molecule has 6 nitrogen and oxygen atoms in total. The number of amides is 2. The van der Waals surface area contributed by atoms with Gasteiger partial charge in [0.25, 0.3) is 17.4 Å². The van der Waals surface area contributed by atoms with Crippen molar-refractivity contribution in [1.29, 1.82) is 0 Å². The van der Waals surface area contributed by atoms with Gasteiger partial charge in [-0.15, -0.1) is 0 Å². The predicted octanol–water partition coefficient (Wildman–Crippen LogP) is 5.04. The number of ether oxygens (including phenoxy) is 1. The maximum Gasteiger partial charge on any atom is 0.340 e. The summed E-state index contributed by atoms with van der Waals surface area (Å²) in [5.41, 5.74) is 1.06. The average molecular weight is 483 g/mol. The minimum absolute atomic E-state index is 0.0515. The van der Waals surface area contributed by atoms with E-state index in [-0.39, 0.29) is 18.2 Å². The molecule has 0 spiro atoms. The van der Waals surface area contributed by atoms with Crippen LogP contribution < -0.4 is 10.2 Å². The van der Waals surface area contributed by atoms with Crippen LogP contribution >= 0.6 is 0 Å². The number of carbonyl (C=O) groups excluding carboxylic acids is 3. The van der Waals surface area contributed by atoms with E-state index in [9.17, 15) is 14.4 Å². The number of aryl methyl sites for hydroxylation is 1. The van der Waals surface area contributed by atoms with Crippen molar-refractivity contribution in [1.82, 2.24) is 5.32 Å². The third-order valence-electron chi connectivity index (χ3n) is 7.10. The minimum atomic E-state index is -2.09. The van der Waals surface area contributed by atoms with Crippen molar-refractivity contribution >= 4 is 23.5 Å². The number of carbonyl (C=O) groups is 3. The van der Waals surface area contributed by atoms with E-state index in [1.807, 2.05) is 43.3 Å². The minimum Gasteiger partial charge on any atom is -0.430 e. The number of nitrogens with zero attached hydrogens (tertiary/aromatic N) is 1. The first-order chi connectivity index (χ1) is 17.5. The third-order valence-corrected chi connectivity index (χ3v) is 7.10. The fourth-order valence-electron chi connectivity index (χ4n) is 5.13. The molecule has 1 heterocycles. The van der Waals surface area contributed by atoms with Gasteiger partial charge in [0.2, 0.25) is 0 Å². The Morgan fingerprint density at radius 1 is 0.917 bits per heavy atom. The Bertz CT molecular complexity index is 1270. The van der Waals surface area contributed by atoms with Crippen LogP contribution in [0.5, 0.6) is 0 Å². The van der Waals surface area contributed by atoms with E-state index in [1.54, 1.807) is 47.4 Å². The van der Waals surface area contributed by atoms with Crippen molar-refractivity contribution in [3.05, 3.63) is 101 Å². The third kappa shape index (κ3) is 4.39. The highest BCUT2D eigenvalue weighted by Crippen LogP contribution is 2.44. The zero-order chi connectivity index (χ0) is 25.1. The van der Waals surface area contributed by atoms with Crippen LogP contribution in [-0.2, 0) is 26.5 Å². The molecule has 2 amide bonds. The zero-order valence-corrected chi connectivity index (χ0v) is 20.4. The van der Waals surface area contributed by atoms with Crippen LogP contribution in [0.1, 0.15) is 59.2 Å². The van der Waals surface area contributed by atoms with Crippen LogP contribution in [0.4, 0.5) is 5.69 Å². The topological polar surface area (TPSA) is 75.7 Å². The number of esters is 1. The first-order valence-electron chi connectivity index (χ1n) is 12.6. The second-order valence-electron chi connectivity index (χ2n) is 9.64. The summed E-state index contributed by atoms with van der Waals surface area (Å²) >= 11 is 0. The predicted molar refractivity (Wildman–Crippen MR) is 137 cm³/mol. The standard InChI is InChI=1S/C30H30N2O4/c1-21-16-18-23(19-17-21)27(33)36-30(28(34)31-24-12-6-3-7-13-24)25-14-8-9-15-26(25)32(29(30)35)20-22-10-4-2-5-11-22/h2,4-5,8-11,14-19,24H,3,6-7,12-13,20H2,1H3,(H,31,34). The first-order valence-corrected chi connectivity index (χ1v) is 12.6. The van der Waals surface area contributed by atoms with Crippen LogP contribution in [0.2, 0.25) is 0 Å². The summed E-state index contributed by atoms with van der Waals surface area (Å²) in [5.74, 6) is -1.84. The van der Waals surface area contributed by atoms with E-state index in [0.717, 1.165) is 43.2 Å². The zero-order valence-electron chi connectivity index (χ0n) is 20.4. The van der Waals surface area contributed by atoms with Gasteiger partial charge in [0.05, 0.1) is 17.8 Å². The molecule has 6 heteroatoms. The Morgan fingerprint density at radius 3 is 2.31 bits per heavy atom. The van der Waals surface area contributed by atoms with Crippen LogP contribution in [-0.4, -0.2) is 23.8 Å². The first kappa shape index (κ1) is 23.8. The molecule has 1 fully saturated rings. The lowest BCUT2D eigenvalue weighted by Crippen LogP contribution is -2.56. The number of nitrogens with one attached hydrogen (secondary N) is 1. The monoisotopic (exact) mass is 482 g/mol. The van der Waals surface area contributed by atoms with E-state index in [2.05, 4.69) is 5.32 Å². The fraction of sp³-hybridized carbons (Fsp3) is 0.300. The quantitative estimate of drug-likeness (QED) is 0.394. The number of para-hydroxylation sites is 1. The van der Waals surface area contributed by atoms with Gasteiger partial charge in [0.1, 0.15) is 0 Å². The molecule has 3 aromatic rings. The lowest BCUT2D eigenvalue weighted by Gasteiger charge is -2.31. The molecule has 0 radical (unpaired) electrons. The van der Waals surface area contributed by atoms with Crippen LogP contribution in [0.25, 0.3) is 0 Å². The van der Waals surface area contributed by atoms with E-state index in [0.29, 0.717) is 11.3 Å². The van der Waals surface area contributed by atoms with Crippen molar-refractivity contribution < 1.29 is 19.1 Å². The molecule has 1 aliphatic carbocycles. The molecular formula is C30H30N2O4. The Morgan fingerprint density at radius 2 is 1.58 bits per heavy atom. The number of hydrogen-bond donors (Lipinski definition) is 1. The SMILES string of the molecule is Cc1ccc(C(=O)OC2(C(=O)NC3CCCCC3)C(=O)N(Cc3ccccc3)c3ccccc32)cc1. The maximum absolute atomic E-state index is 14.2. The highest BCUT2D eigenvalue weighted by molar-refractivity contribution is 6.21. The summed E-state index contributed by atoms with van der Waals surface area (Å²) in [5, 5.41) is 3.06. The Hall–Kier alpha value is -3.93. The molecule has 0 aromatic heterocycles. The van der Waals surface area contributed by atoms with Gasteiger partial charge in [-0.1, -0.05) is 85.5 Å². The molecule has 1 atom stereocenters. The number of anilines is 1. The van der Waals surface area contributed by atoms with Gasteiger partial charge in [-0.3, -0.25) is 9.59 Å². The molecule has 0 bridgehead atoms. The highest BCUT2D eigenvalue weighted by atomic mass is 16.6. The Balaban J connectivity index is 1.56. The molecule has 5 rings (SSSR count). The Labute approximate surface area is 211 Å². The second-order valence-corrected chi connectivity index (χ2v) is 9.64. The number of benzene rings is 3. The van der Waals surface area contributed by atoms with Crippen molar-refractivity contribution in [3.8, 4) is 0 Å². The summed E-state index contributed by atoms with van der Waals surface area (Å²) < 4.78 is 5.99. The Kier molecular flexibility index (Phi) is 6.59. The normalized spacial score (nSPS) is 19.6. The average Bonchev–Trinajstić information content (AvgIpc) is 3.14. The summed E-state index contributed by atoms with van der Waals surface area (Å²) in [7, 11) is 0. The van der Waals surface area contributed by atoms with E-state index in [1.165, 1.54) is 0 Å². The van der Waals surface area contributed by atoms with E-state index < -0.39 is 23.4 Å². The largest absolute Gasteiger partial charge is 0.430 e. The molecule has 1 N–H and O–H groups in total. The van der Waals surface area contributed by atoms with Gasteiger partial charge in [-0.05, 0) is 43.5 Å². The summed E-state index contributed by atoms with van der Waals surface area (Å²) in [6.07, 6.45) is 4.86. The lowest BCUT2D eigenvalue weighted by atomic mass is 9.91. The molecule has 1 unspecified atom stereocenters. The van der Waals surface area contributed by atoms with Gasteiger partial charge in [-0.2, -0.15) is 0 Å². The summed E-state index contributed by atoms with van der Waals surface area (Å²) in [4.78, 5) is 43.1. The van der Waals surface area contributed by atoms with Gasteiger partial charge in [0, 0.05) is 11.6 Å². The molecule has 36 heavy (non-hydrogen) atoms. The van der Waals surface area contributed by atoms with Gasteiger partial charge >= 0.3 is 5.97 Å². The molecule has 0 saturated heterocycles. The van der Waals surface area contributed by atoms with Crippen molar-refractivity contribution in [2.75, 3.05) is 4.90 Å². The van der Waals surface area contributed by atoms with Crippen LogP contribution in [0.3, 0.4) is 0 Å². The van der Waals surface area contributed by atoms with E-state index in [4.69, 9.17) is 4.74 Å². The maximum atomic E-state index is 14.2. The number of hydrogen-bond acceptors (Lipinski definition) is 4. The summed E-state index contributed by atoms with van der Waals surface area (Å²) in [6, 6.07) is 23.5. The number of rotatable bonds is 6. The molecule has 184 valence electrons. The van der Waals surface area contributed by atoms with E-state index >= 15 is 0 Å². The van der Waals surface area contributed by atoms with Crippen molar-refractivity contribution in [2.45, 2.75) is 57.2 Å². The van der Waals surface area contributed by atoms with Crippen molar-refractivity contribution in [2.24, 2.45) is 0 Å². The van der Waals surface area contributed by atoms with Gasteiger partial charge in [0.15, 0.2) is 0 Å². The molecule has 1 saturated carbocycles. The molecule has 2 aliphatic rings. The fourth-order valence-corrected chi connectivity index (χ4v) is 5.13. The summed E-state index contributed by atoms with van der Waals surface area (Å²) in [6.45, 7) is 2.18. The molecular weight excluding hydrogens is 452 g/mol. The van der Waals surface area contributed by atoms with Crippen molar-refractivity contribution in [3.63, 3.8) is 0 Å². The number of fused-ring (bicyclic) bond motifs is 1. The molecule has 1 aliphatic heterocycles. The van der Waals surface area contributed by atoms with Crippen LogP contribution in [0.15, 0.2) is 78.9 Å².